The van der Waals surface area contributed by atoms with Crippen LogP contribution in [-0.2, 0) is 13.6 Å². The van der Waals surface area contributed by atoms with E-state index in [1.807, 2.05) is 7.05 Å². The molecule has 0 unspecified atom stereocenters. The molecular formula is C10H15N7OS. The number of nitrogens with zero attached hydrogens (tertiary/aromatic N) is 5. The molecule has 2 aromatic heterocycles. The van der Waals surface area contributed by atoms with Crippen molar-refractivity contribution in [3.05, 3.63) is 17.2 Å². The lowest BCUT2D eigenvalue weighted by Gasteiger charge is -2.01. The minimum absolute atomic E-state index is 0.259. The van der Waals surface area contributed by atoms with Gasteiger partial charge in [0.1, 0.15) is 6.33 Å². The number of carbonyl (C=O) groups excluding carboxylic acids is 1. The van der Waals surface area contributed by atoms with E-state index < -0.39 is 0 Å². The summed E-state index contributed by atoms with van der Waals surface area (Å²) in [6.45, 7) is 3.18. The summed E-state index contributed by atoms with van der Waals surface area (Å²) in [5.41, 5.74) is 0. The van der Waals surface area contributed by atoms with Crippen molar-refractivity contribution in [2.75, 3.05) is 11.9 Å². The number of aryl methyl sites for hydroxylation is 1. The van der Waals surface area contributed by atoms with Crippen molar-refractivity contribution in [3.8, 4) is 0 Å². The molecule has 0 saturated carbocycles. The summed E-state index contributed by atoms with van der Waals surface area (Å²) < 4.78 is 1.74. The number of nitrogens with one attached hydrogen (secondary N) is 2. The summed E-state index contributed by atoms with van der Waals surface area (Å²) in [4.78, 5) is 11.8. The Bertz CT molecular complexity index is 550. The third kappa shape index (κ3) is 3.47. The van der Waals surface area contributed by atoms with Gasteiger partial charge in [0, 0.05) is 13.6 Å². The highest BCUT2D eigenvalue weighted by Gasteiger charge is 2.13. The highest BCUT2D eigenvalue weighted by atomic mass is 32.1. The Labute approximate surface area is 114 Å². The first-order valence-corrected chi connectivity index (χ1v) is 6.70. The molecule has 19 heavy (non-hydrogen) atoms. The van der Waals surface area contributed by atoms with Gasteiger partial charge in [-0.3, -0.25) is 4.79 Å². The third-order valence-corrected chi connectivity index (χ3v) is 3.24. The lowest BCUT2D eigenvalue weighted by atomic mass is 10.5. The fourth-order valence-corrected chi connectivity index (χ4v) is 2.01. The van der Waals surface area contributed by atoms with Gasteiger partial charge < -0.3 is 15.2 Å². The number of carbonyl (C=O) groups is 1. The van der Waals surface area contributed by atoms with Crippen LogP contribution in [0.1, 0.15) is 29.0 Å². The quantitative estimate of drug-likeness (QED) is 0.796. The van der Waals surface area contributed by atoms with E-state index in [1.165, 1.54) is 11.3 Å². The first-order valence-electron chi connectivity index (χ1n) is 5.89. The topological polar surface area (TPSA) is 97.6 Å². The van der Waals surface area contributed by atoms with E-state index in [0.29, 0.717) is 22.5 Å². The van der Waals surface area contributed by atoms with Crippen LogP contribution >= 0.6 is 11.3 Å². The molecule has 1 amide bonds. The number of aromatic nitrogens is 5. The van der Waals surface area contributed by atoms with E-state index in [0.717, 1.165) is 13.0 Å². The van der Waals surface area contributed by atoms with Gasteiger partial charge >= 0.3 is 0 Å². The van der Waals surface area contributed by atoms with Crippen LogP contribution in [0.2, 0.25) is 0 Å². The Hall–Kier alpha value is -2.03. The second kappa shape index (κ2) is 6.23. The molecule has 0 aliphatic heterocycles. The minimum Gasteiger partial charge on any atom is -0.360 e. The minimum atomic E-state index is -0.259. The van der Waals surface area contributed by atoms with Crippen molar-refractivity contribution in [2.24, 2.45) is 7.05 Å². The standard InChI is InChI=1S/C10H15N7OS/c1-3-4-11-10-16-15-9(19-10)8(18)12-5-7-14-13-6-17(7)2/h6H,3-5H2,1-2H3,(H,11,16)(H,12,18). The van der Waals surface area contributed by atoms with Crippen molar-refractivity contribution >= 4 is 22.4 Å². The Morgan fingerprint density at radius 3 is 2.95 bits per heavy atom. The van der Waals surface area contributed by atoms with Crippen molar-refractivity contribution in [1.82, 2.24) is 30.3 Å². The molecule has 0 radical (unpaired) electrons. The SMILES string of the molecule is CCCNc1nnc(C(=O)NCc2nncn2C)s1. The van der Waals surface area contributed by atoms with Gasteiger partial charge in [-0.05, 0) is 6.42 Å². The molecule has 0 spiro atoms. The van der Waals surface area contributed by atoms with Gasteiger partial charge in [-0.1, -0.05) is 18.3 Å². The van der Waals surface area contributed by atoms with Gasteiger partial charge in [0.15, 0.2) is 5.82 Å². The largest absolute Gasteiger partial charge is 0.360 e. The zero-order valence-electron chi connectivity index (χ0n) is 10.8. The molecule has 9 heteroatoms. The molecule has 102 valence electrons. The van der Waals surface area contributed by atoms with Crippen LogP contribution in [0.25, 0.3) is 0 Å². The van der Waals surface area contributed by atoms with E-state index >= 15 is 0 Å². The molecule has 0 atom stereocenters. The van der Waals surface area contributed by atoms with E-state index in [2.05, 4.69) is 38.0 Å². The van der Waals surface area contributed by atoms with Gasteiger partial charge in [0.25, 0.3) is 5.91 Å². The fourth-order valence-electron chi connectivity index (χ4n) is 1.32. The van der Waals surface area contributed by atoms with E-state index in [9.17, 15) is 4.79 Å². The summed E-state index contributed by atoms with van der Waals surface area (Å²) in [6.07, 6.45) is 2.58. The van der Waals surface area contributed by atoms with Gasteiger partial charge in [-0.2, -0.15) is 0 Å². The van der Waals surface area contributed by atoms with Crippen LogP contribution in [0.5, 0.6) is 0 Å². The van der Waals surface area contributed by atoms with Crippen LogP contribution in [0.15, 0.2) is 6.33 Å². The van der Waals surface area contributed by atoms with E-state index in [1.54, 1.807) is 10.9 Å². The highest BCUT2D eigenvalue weighted by Crippen LogP contribution is 2.14. The zero-order chi connectivity index (χ0) is 13.7. The highest BCUT2D eigenvalue weighted by molar-refractivity contribution is 7.17. The van der Waals surface area contributed by atoms with Gasteiger partial charge in [-0.15, -0.1) is 20.4 Å². The monoisotopic (exact) mass is 281 g/mol. The predicted molar refractivity (Wildman–Crippen MR) is 70.9 cm³/mol. The Morgan fingerprint density at radius 1 is 1.42 bits per heavy atom. The molecule has 0 saturated heterocycles. The third-order valence-electron chi connectivity index (χ3n) is 2.36. The molecule has 0 fully saturated rings. The van der Waals surface area contributed by atoms with Crippen LogP contribution < -0.4 is 10.6 Å². The Morgan fingerprint density at radius 2 is 2.26 bits per heavy atom. The van der Waals surface area contributed by atoms with Crippen LogP contribution in [0.4, 0.5) is 5.13 Å². The smallest absolute Gasteiger partial charge is 0.282 e. The van der Waals surface area contributed by atoms with Crippen molar-refractivity contribution in [2.45, 2.75) is 19.9 Å². The summed E-state index contributed by atoms with van der Waals surface area (Å²) in [6, 6.07) is 0. The van der Waals surface area contributed by atoms with E-state index in [4.69, 9.17) is 0 Å². The molecule has 8 nitrogen and oxygen atoms in total. The number of hydrogen-bond donors (Lipinski definition) is 2. The second-order valence-electron chi connectivity index (χ2n) is 3.88. The Balaban J connectivity index is 1.89. The van der Waals surface area contributed by atoms with Crippen LogP contribution in [-0.4, -0.2) is 37.4 Å². The molecular weight excluding hydrogens is 266 g/mol. The molecule has 0 aromatic carbocycles. The molecule has 0 aliphatic carbocycles. The van der Waals surface area contributed by atoms with Gasteiger partial charge in [0.05, 0.1) is 6.54 Å². The lowest BCUT2D eigenvalue weighted by Crippen LogP contribution is -2.24. The second-order valence-corrected chi connectivity index (χ2v) is 4.86. The lowest BCUT2D eigenvalue weighted by molar-refractivity contribution is 0.0948. The number of rotatable bonds is 6. The first kappa shape index (κ1) is 13.4. The Kier molecular flexibility index (Phi) is 4.39. The van der Waals surface area contributed by atoms with Crippen molar-refractivity contribution in [1.29, 1.82) is 0 Å². The number of hydrogen-bond acceptors (Lipinski definition) is 7. The zero-order valence-corrected chi connectivity index (χ0v) is 11.6. The average Bonchev–Trinajstić information content (AvgIpc) is 3.03. The van der Waals surface area contributed by atoms with Crippen LogP contribution in [0.3, 0.4) is 0 Å². The number of anilines is 1. The molecule has 2 heterocycles. The molecule has 2 rings (SSSR count). The summed E-state index contributed by atoms with van der Waals surface area (Å²) in [5.74, 6) is 0.423. The van der Waals surface area contributed by atoms with Gasteiger partial charge in [-0.25, -0.2) is 0 Å². The van der Waals surface area contributed by atoms with Crippen LogP contribution in [0, 0.1) is 0 Å². The average molecular weight is 281 g/mol. The first-order chi connectivity index (χ1) is 9.20. The maximum atomic E-state index is 11.8. The van der Waals surface area contributed by atoms with E-state index in [-0.39, 0.29) is 5.91 Å². The molecule has 2 N–H and O–H groups in total. The maximum Gasteiger partial charge on any atom is 0.282 e. The molecule has 0 bridgehead atoms. The summed E-state index contributed by atoms with van der Waals surface area (Å²) in [7, 11) is 1.82. The van der Waals surface area contributed by atoms with Crippen molar-refractivity contribution < 1.29 is 4.79 Å². The summed E-state index contributed by atoms with van der Waals surface area (Å²) >= 11 is 1.23. The number of amides is 1. The normalized spacial score (nSPS) is 10.4. The van der Waals surface area contributed by atoms with Crippen molar-refractivity contribution in [3.63, 3.8) is 0 Å². The summed E-state index contributed by atoms with van der Waals surface area (Å²) in [5, 5.41) is 22.2. The molecule has 0 aliphatic rings. The molecule has 2 aromatic rings. The predicted octanol–water partition coefficient (Wildman–Crippen LogP) is 0.418. The van der Waals surface area contributed by atoms with Gasteiger partial charge in [0.2, 0.25) is 10.1 Å². The fraction of sp³-hybridized carbons (Fsp3) is 0.500. The maximum absolute atomic E-state index is 11.8.